The van der Waals surface area contributed by atoms with Crippen molar-refractivity contribution in [3.63, 3.8) is 0 Å². The van der Waals surface area contributed by atoms with Crippen molar-refractivity contribution in [2.24, 2.45) is 0 Å². The van der Waals surface area contributed by atoms with E-state index in [4.69, 9.17) is 0 Å². The summed E-state index contributed by atoms with van der Waals surface area (Å²) < 4.78 is 15.7. The standard InChI is InChI=1S/C20H22FN5O/c21-17-8-4-5-9-18(17)25-12-10-24(11-13-25)15-19-22-23-20(27)26(19)14-16-6-2-1-3-7-16/h1-9H,10-15H2,(H,23,27). The molecule has 0 bridgehead atoms. The summed E-state index contributed by atoms with van der Waals surface area (Å²) in [5.74, 6) is 0.540. The summed E-state index contributed by atoms with van der Waals surface area (Å²) in [6.07, 6.45) is 0. The molecule has 27 heavy (non-hydrogen) atoms. The van der Waals surface area contributed by atoms with Gasteiger partial charge in [0, 0.05) is 26.2 Å². The number of hydrogen-bond acceptors (Lipinski definition) is 4. The number of anilines is 1. The number of nitrogens with one attached hydrogen (secondary N) is 1. The van der Waals surface area contributed by atoms with Gasteiger partial charge in [0.25, 0.3) is 0 Å². The van der Waals surface area contributed by atoms with Crippen LogP contribution in [0.3, 0.4) is 0 Å². The molecule has 1 aromatic heterocycles. The topological polar surface area (TPSA) is 57.2 Å². The lowest BCUT2D eigenvalue weighted by molar-refractivity contribution is 0.240. The minimum atomic E-state index is -0.196. The van der Waals surface area contributed by atoms with Gasteiger partial charge in [0.1, 0.15) is 11.6 Å². The van der Waals surface area contributed by atoms with Gasteiger partial charge in [-0.15, -0.1) is 0 Å². The van der Waals surface area contributed by atoms with Gasteiger partial charge in [-0.05, 0) is 17.7 Å². The van der Waals surface area contributed by atoms with Crippen LogP contribution in [0.1, 0.15) is 11.4 Å². The fourth-order valence-corrected chi connectivity index (χ4v) is 3.46. The zero-order valence-electron chi connectivity index (χ0n) is 15.0. The number of para-hydroxylation sites is 1. The molecule has 0 atom stereocenters. The second-order valence-corrected chi connectivity index (χ2v) is 6.73. The van der Waals surface area contributed by atoms with Crippen molar-refractivity contribution in [2.75, 3.05) is 31.1 Å². The van der Waals surface area contributed by atoms with Crippen LogP contribution in [0.4, 0.5) is 10.1 Å². The highest BCUT2D eigenvalue weighted by atomic mass is 19.1. The quantitative estimate of drug-likeness (QED) is 0.750. The highest BCUT2D eigenvalue weighted by Gasteiger charge is 2.21. The number of rotatable bonds is 5. The second kappa shape index (κ2) is 7.75. The number of benzene rings is 2. The first-order valence-electron chi connectivity index (χ1n) is 9.10. The molecule has 1 saturated heterocycles. The molecule has 6 nitrogen and oxygen atoms in total. The highest BCUT2D eigenvalue weighted by Crippen LogP contribution is 2.20. The van der Waals surface area contributed by atoms with Gasteiger partial charge in [-0.25, -0.2) is 14.3 Å². The number of aromatic nitrogens is 3. The molecule has 4 rings (SSSR count). The van der Waals surface area contributed by atoms with E-state index >= 15 is 0 Å². The van der Waals surface area contributed by atoms with E-state index < -0.39 is 0 Å². The Morgan fingerprint density at radius 3 is 2.37 bits per heavy atom. The largest absolute Gasteiger partial charge is 0.367 e. The first kappa shape index (κ1) is 17.5. The van der Waals surface area contributed by atoms with E-state index in [0.717, 1.165) is 37.6 Å². The fourth-order valence-electron chi connectivity index (χ4n) is 3.46. The molecule has 0 unspecified atom stereocenters. The molecule has 1 fully saturated rings. The third kappa shape index (κ3) is 3.93. The number of nitrogens with zero attached hydrogens (tertiary/aromatic N) is 4. The molecule has 7 heteroatoms. The third-order valence-electron chi connectivity index (χ3n) is 4.95. The normalized spacial score (nSPS) is 15.2. The zero-order valence-corrected chi connectivity index (χ0v) is 15.0. The monoisotopic (exact) mass is 367 g/mol. The van der Waals surface area contributed by atoms with E-state index in [-0.39, 0.29) is 11.5 Å². The number of halogens is 1. The molecule has 2 aromatic carbocycles. The summed E-state index contributed by atoms with van der Waals surface area (Å²) >= 11 is 0. The van der Waals surface area contributed by atoms with Gasteiger partial charge >= 0.3 is 5.69 Å². The summed E-state index contributed by atoms with van der Waals surface area (Å²) in [7, 11) is 0. The van der Waals surface area contributed by atoms with Crippen LogP contribution in [0.2, 0.25) is 0 Å². The van der Waals surface area contributed by atoms with Crippen molar-refractivity contribution in [2.45, 2.75) is 13.1 Å². The molecule has 0 saturated carbocycles. The van der Waals surface area contributed by atoms with Crippen molar-refractivity contribution < 1.29 is 4.39 Å². The first-order valence-corrected chi connectivity index (χ1v) is 9.10. The minimum Gasteiger partial charge on any atom is -0.367 e. The van der Waals surface area contributed by atoms with Crippen LogP contribution in [0.5, 0.6) is 0 Å². The predicted octanol–water partition coefficient (Wildman–Crippen LogP) is 2.08. The lowest BCUT2D eigenvalue weighted by Crippen LogP contribution is -2.46. The van der Waals surface area contributed by atoms with Crippen molar-refractivity contribution in [3.05, 3.63) is 82.3 Å². The Morgan fingerprint density at radius 1 is 0.926 bits per heavy atom. The van der Waals surface area contributed by atoms with Gasteiger partial charge in [0.2, 0.25) is 0 Å². The highest BCUT2D eigenvalue weighted by molar-refractivity contribution is 5.48. The van der Waals surface area contributed by atoms with Crippen molar-refractivity contribution in [1.29, 1.82) is 0 Å². The van der Waals surface area contributed by atoms with Gasteiger partial charge in [-0.1, -0.05) is 42.5 Å². The van der Waals surface area contributed by atoms with Crippen LogP contribution in [0, 0.1) is 5.82 Å². The average molecular weight is 367 g/mol. The van der Waals surface area contributed by atoms with E-state index in [1.54, 1.807) is 10.6 Å². The smallest absolute Gasteiger partial charge is 0.343 e. The summed E-state index contributed by atoms with van der Waals surface area (Å²) in [5, 5.41) is 6.77. The van der Waals surface area contributed by atoms with E-state index in [1.807, 2.05) is 42.5 Å². The molecule has 2 heterocycles. The summed E-state index contributed by atoms with van der Waals surface area (Å²) in [5.41, 5.74) is 1.52. The van der Waals surface area contributed by atoms with Crippen LogP contribution in [-0.4, -0.2) is 45.8 Å². The summed E-state index contributed by atoms with van der Waals surface area (Å²) in [6, 6.07) is 16.7. The molecule has 1 N–H and O–H groups in total. The third-order valence-corrected chi connectivity index (χ3v) is 4.95. The Kier molecular flexibility index (Phi) is 5.02. The summed E-state index contributed by atoms with van der Waals surface area (Å²) in [4.78, 5) is 16.4. The van der Waals surface area contributed by atoms with Gasteiger partial charge in [0.15, 0.2) is 0 Å². The molecule has 0 aliphatic carbocycles. The Balaban J connectivity index is 1.41. The summed E-state index contributed by atoms with van der Waals surface area (Å²) in [6.45, 7) is 4.17. The Labute approximate surface area is 156 Å². The van der Waals surface area contributed by atoms with Crippen LogP contribution in [-0.2, 0) is 13.1 Å². The van der Waals surface area contributed by atoms with Gasteiger partial charge in [-0.2, -0.15) is 5.10 Å². The molecular weight excluding hydrogens is 345 g/mol. The van der Waals surface area contributed by atoms with Gasteiger partial charge in [-0.3, -0.25) is 9.47 Å². The maximum atomic E-state index is 14.0. The number of piperazine rings is 1. The Bertz CT molecular complexity index is 944. The van der Waals surface area contributed by atoms with E-state index in [2.05, 4.69) is 20.0 Å². The maximum Gasteiger partial charge on any atom is 0.343 e. The molecule has 0 radical (unpaired) electrons. The lowest BCUT2D eigenvalue weighted by atomic mass is 10.2. The van der Waals surface area contributed by atoms with Crippen molar-refractivity contribution in [1.82, 2.24) is 19.7 Å². The van der Waals surface area contributed by atoms with Gasteiger partial charge in [0.05, 0.1) is 18.8 Å². The maximum absolute atomic E-state index is 14.0. The molecule has 140 valence electrons. The molecule has 1 aliphatic rings. The minimum absolute atomic E-state index is 0.185. The Hall–Kier alpha value is -2.93. The Morgan fingerprint density at radius 2 is 1.63 bits per heavy atom. The molecule has 1 aliphatic heterocycles. The molecule has 0 spiro atoms. The molecule has 3 aromatic rings. The number of aromatic amines is 1. The van der Waals surface area contributed by atoms with Crippen LogP contribution in [0.15, 0.2) is 59.4 Å². The van der Waals surface area contributed by atoms with Crippen molar-refractivity contribution in [3.8, 4) is 0 Å². The second-order valence-electron chi connectivity index (χ2n) is 6.73. The molecule has 0 amide bonds. The van der Waals surface area contributed by atoms with Gasteiger partial charge < -0.3 is 4.90 Å². The fraction of sp³-hybridized carbons (Fsp3) is 0.300. The zero-order chi connectivity index (χ0) is 18.6. The van der Waals surface area contributed by atoms with Crippen molar-refractivity contribution >= 4 is 5.69 Å². The lowest BCUT2D eigenvalue weighted by Gasteiger charge is -2.35. The van der Waals surface area contributed by atoms with E-state index in [9.17, 15) is 9.18 Å². The average Bonchev–Trinajstić information content (AvgIpc) is 3.03. The van der Waals surface area contributed by atoms with E-state index in [1.165, 1.54) is 6.07 Å². The van der Waals surface area contributed by atoms with Crippen LogP contribution >= 0.6 is 0 Å². The van der Waals surface area contributed by atoms with Crippen LogP contribution < -0.4 is 10.6 Å². The molecular formula is C20H22FN5O. The predicted molar refractivity (Wildman–Crippen MR) is 102 cm³/mol. The van der Waals surface area contributed by atoms with E-state index in [0.29, 0.717) is 18.8 Å². The SMILES string of the molecule is O=c1[nH]nc(CN2CCN(c3ccccc3F)CC2)n1Cc1ccccc1. The number of H-pyrrole nitrogens is 1. The number of hydrogen-bond donors (Lipinski definition) is 1. The van der Waals surface area contributed by atoms with Crippen LogP contribution in [0.25, 0.3) is 0 Å². The first-order chi connectivity index (χ1) is 13.2.